The normalized spacial score (nSPS) is 12.0. The summed E-state index contributed by atoms with van der Waals surface area (Å²) < 4.78 is 5.67. The first-order valence-corrected chi connectivity index (χ1v) is 6.04. The van der Waals surface area contributed by atoms with Crippen molar-refractivity contribution in [3.63, 3.8) is 0 Å². The number of hydrogen-bond donors (Lipinski definition) is 1. The molecule has 3 heteroatoms. The first kappa shape index (κ1) is 12.7. The van der Waals surface area contributed by atoms with E-state index in [-0.39, 0.29) is 0 Å². The molecule has 1 aromatic heterocycles. The molecule has 0 bridgehead atoms. The highest BCUT2D eigenvalue weighted by Gasteiger charge is 2.28. The van der Waals surface area contributed by atoms with Gasteiger partial charge in [0.2, 0.25) is 0 Å². The fraction of sp³-hybridized carbons (Fsp3) is 0.400. The molecule has 18 heavy (non-hydrogen) atoms. The molecule has 0 saturated carbocycles. The molecule has 0 aliphatic rings. The van der Waals surface area contributed by atoms with Crippen LogP contribution in [0.1, 0.15) is 30.7 Å². The van der Waals surface area contributed by atoms with Crippen LogP contribution in [0.5, 0.6) is 0 Å². The SMILES string of the molecule is Cc1oc2cccc(CC(C)(C)C(=O)O)c2c1C. The highest BCUT2D eigenvalue weighted by atomic mass is 16.4. The minimum Gasteiger partial charge on any atom is -0.481 e. The maximum Gasteiger partial charge on any atom is 0.309 e. The summed E-state index contributed by atoms with van der Waals surface area (Å²) in [5, 5.41) is 10.3. The fourth-order valence-electron chi connectivity index (χ4n) is 2.20. The molecule has 1 N–H and O–H groups in total. The van der Waals surface area contributed by atoms with Crippen LogP contribution in [0.4, 0.5) is 0 Å². The van der Waals surface area contributed by atoms with Crippen molar-refractivity contribution in [3.8, 4) is 0 Å². The Bertz CT molecular complexity index is 605. The van der Waals surface area contributed by atoms with Crippen molar-refractivity contribution in [2.45, 2.75) is 34.1 Å². The first-order chi connectivity index (χ1) is 8.33. The molecule has 0 aliphatic heterocycles. The molecule has 3 nitrogen and oxygen atoms in total. The second kappa shape index (κ2) is 4.16. The molecule has 0 saturated heterocycles. The van der Waals surface area contributed by atoms with Gasteiger partial charge in [0.15, 0.2) is 0 Å². The molecule has 2 aromatic rings. The summed E-state index contributed by atoms with van der Waals surface area (Å²) in [6, 6.07) is 5.82. The van der Waals surface area contributed by atoms with Gasteiger partial charge in [0.25, 0.3) is 0 Å². The third kappa shape index (κ3) is 2.01. The standard InChI is InChI=1S/C15H18O3/c1-9-10(2)18-12-7-5-6-11(13(9)12)8-15(3,4)14(16)17/h5-7H,8H2,1-4H3,(H,16,17). The monoisotopic (exact) mass is 246 g/mol. The minimum atomic E-state index is -0.780. The first-order valence-electron chi connectivity index (χ1n) is 6.04. The number of rotatable bonds is 3. The number of aryl methyl sites for hydroxylation is 2. The Hall–Kier alpha value is -1.77. The van der Waals surface area contributed by atoms with Crippen LogP contribution in [-0.2, 0) is 11.2 Å². The lowest BCUT2D eigenvalue weighted by Crippen LogP contribution is -2.26. The number of carboxylic acids is 1. The summed E-state index contributed by atoms with van der Waals surface area (Å²) in [6.45, 7) is 7.44. The Morgan fingerprint density at radius 3 is 2.61 bits per heavy atom. The number of furan rings is 1. The van der Waals surface area contributed by atoms with E-state index in [0.717, 1.165) is 27.9 Å². The van der Waals surface area contributed by atoms with E-state index >= 15 is 0 Å². The van der Waals surface area contributed by atoms with Gasteiger partial charge in [0.05, 0.1) is 5.41 Å². The zero-order chi connectivity index (χ0) is 13.5. The van der Waals surface area contributed by atoms with Gasteiger partial charge in [-0.25, -0.2) is 0 Å². The van der Waals surface area contributed by atoms with Gasteiger partial charge >= 0.3 is 5.97 Å². The molecule has 0 atom stereocenters. The summed E-state index contributed by atoms with van der Waals surface area (Å²) in [4.78, 5) is 11.2. The van der Waals surface area contributed by atoms with Crippen LogP contribution < -0.4 is 0 Å². The Morgan fingerprint density at radius 2 is 2.00 bits per heavy atom. The molecular weight excluding hydrogens is 228 g/mol. The smallest absolute Gasteiger partial charge is 0.309 e. The van der Waals surface area contributed by atoms with Gasteiger partial charge in [-0.3, -0.25) is 4.79 Å². The molecule has 0 unspecified atom stereocenters. The molecule has 1 aromatic carbocycles. The molecular formula is C15H18O3. The van der Waals surface area contributed by atoms with Crippen LogP contribution in [0.3, 0.4) is 0 Å². The topological polar surface area (TPSA) is 50.4 Å². The second-order valence-electron chi connectivity index (χ2n) is 5.44. The van der Waals surface area contributed by atoms with E-state index in [1.54, 1.807) is 13.8 Å². The lowest BCUT2D eigenvalue weighted by molar-refractivity contribution is -0.146. The number of benzene rings is 1. The molecule has 0 radical (unpaired) electrons. The van der Waals surface area contributed by atoms with Crippen LogP contribution in [0.15, 0.2) is 22.6 Å². The van der Waals surface area contributed by atoms with E-state index in [9.17, 15) is 9.90 Å². The highest BCUT2D eigenvalue weighted by Crippen LogP contribution is 2.32. The molecule has 0 aliphatic carbocycles. The molecule has 1 heterocycles. The number of carbonyl (C=O) groups is 1. The van der Waals surface area contributed by atoms with Gasteiger partial charge in [-0.1, -0.05) is 12.1 Å². The van der Waals surface area contributed by atoms with Gasteiger partial charge in [-0.05, 0) is 51.3 Å². The van der Waals surface area contributed by atoms with Gasteiger partial charge in [-0.15, -0.1) is 0 Å². The summed E-state index contributed by atoms with van der Waals surface area (Å²) in [5.74, 6) is 0.114. The summed E-state index contributed by atoms with van der Waals surface area (Å²) in [5.41, 5.74) is 2.20. The Balaban J connectivity index is 2.55. The van der Waals surface area contributed by atoms with Gasteiger partial charge in [0.1, 0.15) is 11.3 Å². The summed E-state index contributed by atoms with van der Waals surface area (Å²) in [7, 11) is 0. The maximum absolute atomic E-state index is 11.2. The van der Waals surface area contributed by atoms with Gasteiger partial charge in [-0.2, -0.15) is 0 Å². The average molecular weight is 246 g/mol. The Kier molecular flexibility index (Phi) is 2.93. The molecule has 2 rings (SSSR count). The average Bonchev–Trinajstić information content (AvgIpc) is 2.55. The predicted molar refractivity (Wildman–Crippen MR) is 70.8 cm³/mol. The van der Waals surface area contributed by atoms with Gasteiger partial charge < -0.3 is 9.52 Å². The van der Waals surface area contributed by atoms with E-state index < -0.39 is 11.4 Å². The van der Waals surface area contributed by atoms with Crippen LogP contribution >= 0.6 is 0 Å². The lowest BCUT2D eigenvalue weighted by Gasteiger charge is -2.19. The van der Waals surface area contributed by atoms with E-state index in [1.807, 2.05) is 32.0 Å². The van der Waals surface area contributed by atoms with E-state index in [4.69, 9.17) is 4.42 Å². The van der Waals surface area contributed by atoms with E-state index in [1.165, 1.54) is 0 Å². The maximum atomic E-state index is 11.2. The molecule has 96 valence electrons. The van der Waals surface area contributed by atoms with Crippen LogP contribution in [-0.4, -0.2) is 11.1 Å². The molecule has 0 amide bonds. The largest absolute Gasteiger partial charge is 0.481 e. The van der Waals surface area contributed by atoms with Crippen molar-refractivity contribution in [1.29, 1.82) is 0 Å². The fourth-order valence-corrected chi connectivity index (χ4v) is 2.20. The molecule has 0 spiro atoms. The van der Waals surface area contributed by atoms with Gasteiger partial charge in [0, 0.05) is 5.39 Å². The van der Waals surface area contributed by atoms with Crippen molar-refractivity contribution < 1.29 is 14.3 Å². The summed E-state index contributed by atoms with van der Waals surface area (Å²) in [6.07, 6.45) is 0.499. The Morgan fingerprint density at radius 1 is 1.33 bits per heavy atom. The van der Waals surface area contributed by atoms with Crippen molar-refractivity contribution in [2.24, 2.45) is 5.41 Å². The van der Waals surface area contributed by atoms with E-state index in [2.05, 4.69) is 0 Å². The third-order valence-electron chi connectivity index (χ3n) is 3.49. The van der Waals surface area contributed by atoms with Crippen molar-refractivity contribution in [2.75, 3.05) is 0 Å². The van der Waals surface area contributed by atoms with Crippen LogP contribution in [0.2, 0.25) is 0 Å². The quantitative estimate of drug-likeness (QED) is 0.898. The third-order valence-corrected chi connectivity index (χ3v) is 3.49. The number of carboxylic acid groups (broad SMARTS) is 1. The van der Waals surface area contributed by atoms with Crippen molar-refractivity contribution >= 4 is 16.9 Å². The number of fused-ring (bicyclic) bond motifs is 1. The van der Waals surface area contributed by atoms with Crippen molar-refractivity contribution in [3.05, 3.63) is 35.1 Å². The Labute approximate surface area is 106 Å². The van der Waals surface area contributed by atoms with Crippen LogP contribution in [0.25, 0.3) is 11.0 Å². The number of aliphatic carboxylic acids is 1. The molecule has 0 fully saturated rings. The zero-order valence-electron chi connectivity index (χ0n) is 11.2. The highest BCUT2D eigenvalue weighted by molar-refractivity contribution is 5.86. The second-order valence-corrected chi connectivity index (χ2v) is 5.44. The van der Waals surface area contributed by atoms with Crippen molar-refractivity contribution in [1.82, 2.24) is 0 Å². The zero-order valence-corrected chi connectivity index (χ0v) is 11.2. The minimum absolute atomic E-state index is 0.499. The summed E-state index contributed by atoms with van der Waals surface area (Å²) >= 11 is 0. The predicted octanol–water partition coefficient (Wildman–Crippen LogP) is 3.70. The lowest BCUT2D eigenvalue weighted by atomic mass is 9.84. The van der Waals surface area contributed by atoms with E-state index in [0.29, 0.717) is 6.42 Å². The number of hydrogen-bond acceptors (Lipinski definition) is 2. The van der Waals surface area contributed by atoms with Crippen LogP contribution in [0, 0.1) is 19.3 Å².